The minimum atomic E-state index is -0.691. The van der Waals surface area contributed by atoms with Crippen LogP contribution in [0.5, 0.6) is 11.5 Å². The van der Waals surface area contributed by atoms with E-state index in [9.17, 15) is 0 Å². The highest BCUT2D eigenvalue weighted by atomic mass is 16.5. The van der Waals surface area contributed by atoms with E-state index in [1.165, 1.54) is 44.5 Å². The van der Waals surface area contributed by atoms with Crippen molar-refractivity contribution in [3.05, 3.63) is 252 Å². The first-order chi connectivity index (χ1) is 30.0. The maximum atomic E-state index is 6.78. The van der Waals surface area contributed by atoms with E-state index in [2.05, 4.69) is 242 Å². The number of fused-ring (bicyclic) bond motifs is 11. The second-order valence-electron chi connectivity index (χ2n) is 16.9. The van der Waals surface area contributed by atoms with Crippen LogP contribution in [0.3, 0.4) is 0 Å². The Morgan fingerprint density at radius 2 is 0.869 bits per heavy atom. The summed E-state index contributed by atoms with van der Waals surface area (Å²) in [7, 11) is 0. The molecule has 12 rings (SSSR count). The van der Waals surface area contributed by atoms with Gasteiger partial charge in [0.25, 0.3) is 0 Å². The lowest BCUT2D eigenvalue weighted by Gasteiger charge is -2.49. The Hall–Kier alpha value is -7.62. The van der Waals surface area contributed by atoms with E-state index in [0.717, 1.165) is 56.8 Å². The Balaban J connectivity index is 1.14. The highest BCUT2D eigenvalue weighted by molar-refractivity contribution is 5.93. The van der Waals surface area contributed by atoms with Crippen molar-refractivity contribution in [2.75, 3.05) is 9.80 Å². The molecule has 0 radical (unpaired) electrons. The maximum absolute atomic E-state index is 6.78. The minimum absolute atomic E-state index is 0.153. The number of para-hydroxylation sites is 4. The van der Waals surface area contributed by atoms with Gasteiger partial charge in [-0.15, -0.1) is 0 Å². The SMILES string of the molecule is CC1(C)c2ccccc2-c2ccc(N(c3ccc(-c4ccccc4)cc3)c3ccc4c(c3)C3(c5ccccc5Oc5ccccc53)c3ccccc3N4c3ccccc3)cc21. The lowest BCUT2D eigenvalue weighted by atomic mass is 9.61. The molecule has 2 aliphatic heterocycles. The second-order valence-corrected chi connectivity index (χ2v) is 16.9. The fourth-order valence-corrected chi connectivity index (χ4v) is 10.6. The summed E-state index contributed by atoms with van der Waals surface area (Å²) in [4.78, 5) is 4.89. The Morgan fingerprint density at radius 1 is 0.377 bits per heavy atom. The third-order valence-electron chi connectivity index (χ3n) is 13.3. The number of nitrogens with zero attached hydrogens (tertiary/aromatic N) is 2. The molecule has 2 heterocycles. The molecule has 61 heavy (non-hydrogen) atoms. The third kappa shape index (κ3) is 5.17. The molecule has 0 amide bonds. The summed E-state index contributed by atoms with van der Waals surface area (Å²) in [6.45, 7) is 4.72. The van der Waals surface area contributed by atoms with Gasteiger partial charge in [0.2, 0.25) is 0 Å². The lowest BCUT2D eigenvalue weighted by molar-refractivity contribution is 0.434. The highest BCUT2D eigenvalue weighted by Gasteiger charge is 2.51. The van der Waals surface area contributed by atoms with Gasteiger partial charge in [0.1, 0.15) is 11.5 Å². The van der Waals surface area contributed by atoms with Gasteiger partial charge in [-0.05, 0) is 117 Å². The van der Waals surface area contributed by atoms with Crippen molar-refractivity contribution in [1.29, 1.82) is 0 Å². The van der Waals surface area contributed by atoms with Crippen LogP contribution in [0, 0.1) is 0 Å². The first kappa shape index (κ1) is 35.3. The normalized spacial score (nSPS) is 14.4. The minimum Gasteiger partial charge on any atom is -0.457 e. The van der Waals surface area contributed by atoms with E-state index in [-0.39, 0.29) is 5.41 Å². The van der Waals surface area contributed by atoms with Gasteiger partial charge in [-0.25, -0.2) is 0 Å². The van der Waals surface area contributed by atoms with Gasteiger partial charge in [-0.3, -0.25) is 0 Å². The average molecular weight is 783 g/mol. The maximum Gasteiger partial charge on any atom is 0.132 e. The van der Waals surface area contributed by atoms with Gasteiger partial charge in [0.05, 0.1) is 16.8 Å². The van der Waals surface area contributed by atoms with Crippen LogP contribution >= 0.6 is 0 Å². The van der Waals surface area contributed by atoms with E-state index < -0.39 is 5.41 Å². The van der Waals surface area contributed by atoms with Crippen LogP contribution in [0.15, 0.2) is 218 Å². The van der Waals surface area contributed by atoms with Crippen LogP contribution in [0.25, 0.3) is 22.3 Å². The predicted molar refractivity (Wildman–Crippen MR) is 251 cm³/mol. The number of hydrogen-bond acceptors (Lipinski definition) is 3. The lowest BCUT2D eigenvalue weighted by Crippen LogP contribution is -2.39. The zero-order valence-corrected chi connectivity index (χ0v) is 34.1. The standard InChI is InChI=1S/C58H42N2O/c1-57(2)47-22-10-9-21-45(47)46-35-33-43(37-51(46)57)59(42-31-29-40(30-32-42)39-17-5-3-6-18-39)44-34-36-54-52(38-44)58(48-23-11-14-26-53(48)60(54)41-19-7-4-8-20-41)49-24-12-15-27-55(49)61-56-28-16-13-25-50(56)58/h3-38H,1-2H3. The molecule has 1 aliphatic carbocycles. The molecule has 290 valence electrons. The molecular weight excluding hydrogens is 741 g/mol. The Bertz CT molecular complexity index is 3100. The zero-order chi connectivity index (χ0) is 40.7. The zero-order valence-electron chi connectivity index (χ0n) is 34.1. The molecule has 0 unspecified atom stereocenters. The van der Waals surface area contributed by atoms with Crippen molar-refractivity contribution >= 4 is 34.1 Å². The summed E-state index contributed by atoms with van der Waals surface area (Å²) in [5.74, 6) is 1.74. The summed E-state index contributed by atoms with van der Waals surface area (Å²) in [5.41, 5.74) is 18.2. The average Bonchev–Trinajstić information content (AvgIpc) is 3.55. The number of ether oxygens (including phenoxy) is 1. The van der Waals surface area contributed by atoms with Gasteiger partial charge >= 0.3 is 0 Å². The molecule has 9 aromatic rings. The van der Waals surface area contributed by atoms with E-state index in [1.807, 2.05) is 0 Å². The van der Waals surface area contributed by atoms with Crippen molar-refractivity contribution in [2.45, 2.75) is 24.7 Å². The third-order valence-corrected chi connectivity index (χ3v) is 13.3. The topological polar surface area (TPSA) is 15.7 Å². The summed E-state index contributed by atoms with van der Waals surface area (Å²) in [6, 6.07) is 79.7. The molecule has 1 spiro atoms. The van der Waals surface area contributed by atoms with Crippen molar-refractivity contribution in [1.82, 2.24) is 0 Å². The van der Waals surface area contributed by atoms with Crippen molar-refractivity contribution in [3.63, 3.8) is 0 Å². The molecule has 0 aromatic heterocycles. The van der Waals surface area contributed by atoms with E-state index in [0.29, 0.717) is 0 Å². The van der Waals surface area contributed by atoms with Crippen LogP contribution in [0.4, 0.5) is 34.1 Å². The molecule has 0 atom stereocenters. The Labute approximate surface area is 357 Å². The van der Waals surface area contributed by atoms with Crippen molar-refractivity contribution in [3.8, 4) is 33.8 Å². The molecule has 0 saturated heterocycles. The van der Waals surface area contributed by atoms with Crippen LogP contribution in [-0.2, 0) is 10.8 Å². The summed E-state index contributed by atoms with van der Waals surface area (Å²) in [6.07, 6.45) is 0. The predicted octanol–water partition coefficient (Wildman–Crippen LogP) is 15.4. The van der Waals surface area contributed by atoms with Crippen LogP contribution in [-0.4, -0.2) is 0 Å². The van der Waals surface area contributed by atoms with Crippen LogP contribution in [0.2, 0.25) is 0 Å². The van der Waals surface area contributed by atoms with Crippen LogP contribution in [0.1, 0.15) is 47.2 Å². The molecule has 0 N–H and O–H groups in total. The Morgan fingerprint density at radius 3 is 1.57 bits per heavy atom. The number of hydrogen-bond donors (Lipinski definition) is 0. The first-order valence-electron chi connectivity index (χ1n) is 21.2. The second kappa shape index (κ2) is 13.5. The van der Waals surface area contributed by atoms with Gasteiger partial charge < -0.3 is 14.5 Å². The fourth-order valence-electron chi connectivity index (χ4n) is 10.6. The Kier molecular flexibility index (Phi) is 7.79. The van der Waals surface area contributed by atoms with Gasteiger partial charge in [-0.1, -0.05) is 159 Å². The van der Waals surface area contributed by atoms with Crippen molar-refractivity contribution in [2.24, 2.45) is 0 Å². The molecule has 0 bridgehead atoms. The molecular formula is C58H42N2O. The van der Waals surface area contributed by atoms with E-state index in [4.69, 9.17) is 4.74 Å². The van der Waals surface area contributed by atoms with Crippen molar-refractivity contribution < 1.29 is 4.74 Å². The summed E-state index contributed by atoms with van der Waals surface area (Å²) >= 11 is 0. The van der Waals surface area contributed by atoms with Gasteiger partial charge in [-0.2, -0.15) is 0 Å². The number of anilines is 6. The molecule has 3 aliphatic rings. The monoisotopic (exact) mass is 782 g/mol. The number of benzene rings is 9. The highest BCUT2D eigenvalue weighted by Crippen LogP contribution is 2.63. The number of rotatable bonds is 5. The van der Waals surface area contributed by atoms with E-state index in [1.54, 1.807) is 0 Å². The van der Waals surface area contributed by atoms with E-state index >= 15 is 0 Å². The van der Waals surface area contributed by atoms with Crippen LogP contribution < -0.4 is 14.5 Å². The summed E-state index contributed by atoms with van der Waals surface area (Å²) < 4.78 is 6.78. The van der Waals surface area contributed by atoms with Gasteiger partial charge in [0, 0.05) is 39.3 Å². The van der Waals surface area contributed by atoms with Gasteiger partial charge in [0.15, 0.2) is 0 Å². The smallest absolute Gasteiger partial charge is 0.132 e. The largest absolute Gasteiger partial charge is 0.457 e. The summed E-state index contributed by atoms with van der Waals surface area (Å²) in [5, 5.41) is 0. The molecule has 9 aromatic carbocycles. The molecule has 0 fully saturated rings. The molecule has 0 saturated carbocycles. The molecule has 3 heteroatoms. The fraction of sp³-hybridized carbons (Fsp3) is 0.0690. The molecule has 3 nitrogen and oxygen atoms in total. The first-order valence-corrected chi connectivity index (χ1v) is 21.2. The quantitative estimate of drug-likeness (QED) is 0.173.